The molecule has 0 saturated heterocycles. The molecule has 0 aromatic heterocycles. The van der Waals surface area contributed by atoms with E-state index in [9.17, 15) is 18.3 Å². The number of aliphatic hydroxyl groups is 1. The smallest absolute Gasteiger partial charge is 0.393 e. The van der Waals surface area contributed by atoms with Crippen molar-refractivity contribution in [3.05, 3.63) is 0 Å². The molecule has 0 amide bonds. The molecule has 0 heterocycles. The van der Waals surface area contributed by atoms with Gasteiger partial charge in [-0.1, -0.05) is 20.8 Å². The summed E-state index contributed by atoms with van der Waals surface area (Å²) in [5.74, 6) is 0. The van der Waals surface area contributed by atoms with Crippen LogP contribution in [0.4, 0.5) is 13.2 Å². The third-order valence-corrected chi connectivity index (χ3v) is 1.90. The van der Waals surface area contributed by atoms with E-state index in [-0.39, 0.29) is 12.4 Å². The van der Waals surface area contributed by atoms with Gasteiger partial charge in [-0.05, 0) is 11.8 Å². The van der Waals surface area contributed by atoms with E-state index in [0.29, 0.717) is 0 Å². The summed E-state index contributed by atoms with van der Waals surface area (Å²) in [5, 5.41) is 9.34. The zero-order valence-electron chi connectivity index (χ0n) is 8.43. The molecule has 0 spiro atoms. The summed E-state index contributed by atoms with van der Waals surface area (Å²) in [6.07, 6.45) is -5.91. The average Bonchev–Trinajstić information content (AvgIpc) is 1.82. The first-order valence-corrected chi connectivity index (χ1v) is 4.05. The van der Waals surface area contributed by atoms with Gasteiger partial charge in [0.15, 0.2) is 0 Å². The molecular weight excluding hydrogens is 219 g/mol. The van der Waals surface area contributed by atoms with E-state index in [1.54, 1.807) is 20.8 Å². The lowest BCUT2D eigenvalue weighted by molar-refractivity contribution is -0.156. The molecule has 0 aromatic carbocycles. The fraction of sp³-hybridized carbons (Fsp3) is 1.00. The number of hydrogen-bond donors (Lipinski definition) is 2. The fourth-order valence-electron chi connectivity index (χ4n) is 0.728. The molecule has 0 radical (unpaired) electrons. The normalized spacial score (nSPS) is 17.1. The zero-order valence-corrected chi connectivity index (χ0v) is 9.25. The van der Waals surface area contributed by atoms with Crippen LogP contribution in [0.1, 0.15) is 27.2 Å². The van der Waals surface area contributed by atoms with Crippen molar-refractivity contribution in [3.63, 3.8) is 0 Å². The molecular formula is C8H17ClF3NO. The van der Waals surface area contributed by atoms with E-state index < -0.39 is 30.2 Å². The second kappa shape index (κ2) is 5.19. The van der Waals surface area contributed by atoms with Crippen molar-refractivity contribution in [2.24, 2.45) is 11.1 Å². The highest BCUT2D eigenvalue weighted by Crippen LogP contribution is 2.27. The Labute approximate surface area is 88.1 Å². The van der Waals surface area contributed by atoms with E-state index in [1.165, 1.54) is 0 Å². The van der Waals surface area contributed by atoms with Gasteiger partial charge in [-0.15, -0.1) is 12.4 Å². The van der Waals surface area contributed by atoms with Gasteiger partial charge in [0.1, 0.15) is 6.04 Å². The molecule has 0 bridgehead atoms. The van der Waals surface area contributed by atoms with Crippen LogP contribution in [-0.2, 0) is 0 Å². The predicted octanol–water partition coefficient (Wildman–Crippen LogP) is 2.09. The van der Waals surface area contributed by atoms with Crippen LogP contribution in [0, 0.1) is 5.41 Å². The van der Waals surface area contributed by atoms with Crippen LogP contribution in [0.3, 0.4) is 0 Å². The summed E-state index contributed by atoms with van der Waals surface area (Å²) in [7, 11) is 0. The van der Waals surface area contributed by atoms with Crippen LogP contribution in [0.25, 0.3) is 0 Å². The summed E-state index contributed by atoms with van der Waals surface area (Å²) in [4.78, 5) is 0. The average molecular weight is 236 g/mol. The van der Waals surface area contributed by atoms with Crippen molar-refractivity contribution in [2.75, 3.05) is 0 Å². The summed E-state index contributed by atoms with van der Waals surface area (Å²) in [6.45, 7) is 5.00. The van der Waals surface area contributed by atoms with Crippen LogP contribution in [0.5, 0.6) is 0 Å². The van der Waals surface area contributed by atoms with Crippen molar-refractivity contribution < 1.29 is 18.3 Å². The highest BCUT2D eigenvalue weighted by molar-refractivity contribution is 5.85. The van der Waals surface area contributed by atoms with Gasteiger partial charge >= 0.3 is 6.18 Å². The Bertz CT molecular complexity index is 149. The number of nitrogens with two attached hydrogens (primary N) is 1. The van der Waals surface area contributed by atoms with Gasteiger partial charge in [0, 0.05) is 0 Å². The first-order chi connectivity index (χ1) is 5.55. The van der Waals surface area contributed by atoms with Crippen molar-refractivity contribution in [1.29, 1.82) is 0 Å². The third-order valence-electron chi connectivity index (χ3n) is 1.90. The Morgan fingerprint density at radius 2 is 1.57 bits per heavy atom. The van der Waals surface area contributed by atoms with E-state index in [0.717, 1.165) is 0 Å². The number of alkyl halides is 3. The van der Waals surface area contributed by atoms with Crippen LogP contribution in [0.15, 0.2) is 0 Å². The standard InChI is InChI=1S/C8H16F3NO.ClH/c1-7(2,3)6(13)4-5(12)8(9,10)11;/h5-6,13H,4,12H2,1-3H3;1H/t5-,6+;/m0./s1. The summed E-state index contributed by atoms with van der Waals surface area (Å²) >= 11 is 0. The highest BCUT2D eigenvalue weighted by Gasteiger charge is 2.39. The van der Waals surface area contributed by atoms with E-state index in [2.05, 4.69) is 0 Å². The Kier molecular flexibility index (Phi) is 6.09. The molecule has 0 aromatic rings. The summed E-state index contributed by atoms with van der Waals surface area (Å²) in [5.41, 5.74) is 4.30. The van der Waals surface area contributed by atoms with Crippen LogP contribution in [-0.4, -0.2) is 23.4 Å². The molecule has 14 heavy (non-hydrogen) atoms. The molecule has 0 aliphatic heterocycles. The second-order valence-corrected chi connectivity index (χ2v) is 4.27. The zero-order chi connectivity index (χ0) is 10.9. The molecule has 0 fully saturated rings. The Hall–Kier alpha value is -0.0000000000000000555. The maximum atomic E-state index is 12.0. The largest absolute Gasteiger partial charge is 0.403 e. The third kappa shape index (κ3) is 5.67. The second-order valence-electron chi connectivity index (χ2n) is 4.27. The maximum Gasteiger partial charge on any atom is 0.403 e. The van der Waals surface area contributed by atoms with E-state index in [1.807, 2.05) is 0 Å². The molecule has 88 valence electrons. The number of hydrogen-bond acceptors (Lipinski definition) is 2. The first kappa shape index (κ1) is 16.4. The molecule has 0 unspecified atom stereocenters. The number of aliphatic hydroxyl groups excluding tert-OH is 1. The van der Waals surface area contributed by atoms with E-state index in [4.69, 9.17) is 5.73 Å². The van der Waals surface area contributed by atoms with Gasteiger partial charge < -0.3 is 10.8 Å². The predicted molar refractivity (Wildman–Crippen MR) is 51.4 cm³/mol. The van der Waals surface area contributed by atoms with Crippen LogP contribution in [0.2, 0.25) is 0 Å². The van der Waals surface area contributed by atoms with Crippen molar-refractivity contribution in [3.8, 4) is 0 Å². The minimum Gasteiger partial charge on any atom is -0.393 e. The Morgan fingerprint density at radius 3 is 1.79 bits per heavy atom. The van der Waals surface area contributed by atoms with Gasteiger partial charge in [-0.2, -0.15) is 13.2 Å². The van der Waals surface area contributed by atoms with Crippen molar-refractivity contribution in [2.45, 2.75) is 45.5 Å². The Balaban J connectivity index is 0. The van der Waals surface area contributed by atoms with Gasteiger partial charge in [0.25, 0.3) is 0 Å². The van der Waals surface area contributed by atoms with Crippen LogP contribution >= 0.6 is 12.4 Å². The van der Waals surface area contributed by atoms with Crippen molar-refractivity contribution >= 4 is 12.4 Å². The lowest BCUT2D eigenvalue weighted by atomic mass is 9.85. The molecule has 2 nitrogen and oxygen atoms in total. The molecule has 3 N–H and O–H groups in total. The highest BCUT2D eigenvalue weighted by atomic mass is 35.5. The monoisotopic (exact) mass is 235 g/mol. The lowest BCUT2D eigenvalue weighted by Gasteiger charge is -2.28. The maximum absolute atomic E-state index is 12.0. The topological polar surface area (TPSA) is 46.2 Å². The quantitative estimate of drug-likeness (QED) is 0.770. The molecule has 0 rings (SSSR count). The van der Waals surface area contributed by atoms with Gasteiger partial charge in [0.05, 0.1) is 6.10 Å². The molecule has 6 heteroatoms. The minimum atomic E-state index is -4.42. The van der Waals surface area contributed by atoms with Gasteiger partial charge in [-0.3, -0.25) is 0 Å². The minimum absolute atomic E-state index is 0. The van der Waals surface area contributed by atoms with Crippen molar-refractivity contribution in [1.82, 2.24) is 0 Å². The van der Waals surface area contributed by atoms with Gasteiger partial charge in [0.2, 0.25) is 0 Å². The SMILES string of the molecule is CC(C)(C)[C@H](O)C[C@H](N)C(F)(F)F.Cl. The molecule has 2 atom stereocenters. The number of halogens is 4. The first-order valence-electron chi connectivity index (χ1n) is 4.05. The number of rotatable bonds is 2. The Morgan fingerprint density at radius 1 is 1.21 bits per heavy atom. The fourth-order valence-corrected chi connectivity index (χ4v) is 0.728. The van der Waals surface area contributed by atoms with Gasteiger partial charge in [-0.25, -0.2) is 0 Å². The molecule has 0 aliphatic rings. The van der Waals surface area contributed by atoms with E-state index >= 15 is 0 Å². The molecule has 0 aliphatic carbocycles. The van der Waals surface area contributed by atoms with Crippen LogP contribution < -0.4 is 5.73 Å². The lowest BCUT2D eigenvalue weighted by Crippen LogP contribution is -2.43. The molecule has 0 saturated carbocycles. The summed E-state index contributed by atoms with van der Waals surface area (Å²) in [6, 6.07) is -1.94. The summed E-state index contributed by atoms with van der Waals surface area (Å²) < 4.78 is 35.9.